The summed E-state index contributed by atoms with van der Waals surface area (Å²) >= 11 is 0. The van der Waals surface area contributed by atoms with Gasteiger partial charge in [-0.2, -0.15) is 0 Å². The van der Waals surface area contributed by atoms with Gasteiger partial charge in [0.2, 0.25) is 0 Å². The lowest BCUT2D eigenvalue weighted by Crippen LogP contribution is -2.45. The van der Waals surface area contributed by atoms with Crippen molar-refractivity contribution in [2.45, 2.75) is 110 Å². The number of allylic oxidation sites excluding steroid dienone is 1. The van der Waals surface area contributed by atoms with E-state index in [1.54, 1.807) is 0 Å². The van der Waals surface area contributed by atoms with Crippen LogP contribution in [0.2, 0.25) is 18.1 Å². The molecule has 4 heteroatoms. The highest BCUT2D eigenvalue weighted by Gasteiger charge is 2.39. The van der Waals surface area contributed by atoms with Crippen LogP contribution in [0.1, 0.15) is 73.6 Å². The first-order chi connectivity index (χ1) is 12.0. The van der Waals surface area contributed by atoms with Crippen LogP contribution in [-0.2, 0) is 14.0 Å². The van der Waals surface area contributed by atoms with Gasteiger partial charge < -0.3 is 14.0 Å². The molecule has 0 unspecified atom stereocenters. The minimum absolute atomic E-state index is 0.0689. The van der Waals surface area contributed by atoms with Crippen molar-refractivity contribution in [2.75, 3.05) is 0 Å². The van der Waals surface area contributed by atoms with Gasteiger partial charge in [-0.15, -0.1) is 0 Å². The number of ether oxygens (including phenoxy) is 1. The molecule has 1 rings (SSSR count). The summed E-state index contributed by atoms with van der Waals surface area (Å²) in [4.78, 5) is 10.9. The first-order valence-corrected chi connectivity index (χ1v) is 13.3. The van der Waals surface area contributed by atoms with Gasteiger partial charge in [-0.25, -0.2) is 0 Å². The van der Waals surface area contributed by atoms with Gasteiger partial charge in [0.05, 0.1) is 18.3 Å². The molecule has 4 atom stereocenters. The summed E-state index contributed by atoms with van der Waals surface area (Å²) in [5.41, 5.74) is 0. The molecule has 1 heterocycles. The molecule has 0 bridgehead atoms. The number of carbonyl (C=O) groups is 1. The molecule has 1 aliphatic rings. The third-order valence-electron chi connectivity index (χ3n) is 5.98. The van der Waals surface area contributed by atoms with E-state index in [0.717, 1.165) is 32.0 Å². The predicted octanol–water partition coefficient (Wildman–Crippen LogP) is 6.14. The van der Waals surface area contributed by atoms with Crippen LogP contribution in [0, 0.1) is 11.8 Å². The second kappa shape index (κ2) is 10.2. The van der Waals surface area contributed by atoms with Crippen LogP contribution in [0.25, 0.3) is 0 Å². The maximum atomic E-state index is 10.9. The zero-order valence-electron chi connectivity index (χ0n) is 18.4. The molecule has 1 fully saturated rings. The van der Waals surface area contributed by atoms with E-state index in [1.807, 2.05) is 0 Å². The third kappa shape index (κ3) is 7.65. The van der Waals surface area contributed by atoms with Crippen LogP contribution >= 0.6 is 0 Å². The van der Waals surface area contributed by atoms with Crippen LogP contribution in [0.5, 0.6) is 0 Å². The van der Waals surface area contributed by atoms with Gasteiger partial charge in [-0.05, 0) is 49.2 Å². The highest BCUT2D eigenvalue weighted by atomic mass is 28.4. The Morgan fingerprint density at radius 3 is 2.42 bits per heavy atom. The van der Waals surface area contributed by atoms with Crippen LogP contribution < -0.4 is 0 Å². The van der Waals surface area contributed by atoms with Crippen molar-refractivity contribution in [3.63, 3.8) is 0 Å². The molecule has 1 aliphatic heterocycles. The highest BCUT2D eigenvalue weighted by Crippen LogP contribution is 2.38. The van der Waals surface area contributed by atoms with Gasteiger partial charge in [-0.3, -0.25) is 0 Å². The molecule has 0 aromatic carbocycles. The Kier molecular flexibility index (Phi) is 9.24. The molecule has 0 aliphatic carbocycles. The van der Waals surface area contributed by atoms with Gasteiger partial charge in [0.25, 0.3) is 0 Å². The lowest BCUT2D eigenvalue weighted by atomic mass is 9.90. The Morgan fingerprint density at radius 1 is 1.23 bits per heavy atom. The summed E-state index contributed by atoms with van der Waals surface area (Å²) in [5, 5.41) is 0.194. The maximum absolute atomic E-state index is 10.9. The molecule has 26 heavy (non-hydrogen) atoms. The van der Waals surface area contributed by atoms with E-state index in [0.29, 0.717) is 18.3 Å². The van der Waals surface area contributed by atoms with E-state index >= 15 is 0 Å². The van der Waals surface area contributed by atoms with Crippen molar-refractivity contribution in [3.8, 4) is 0 Å². The molecule has 0 aromatic heterocycles. The van der Waals surface area contributed by atoms with E-state index in [2.05, 4.69) is 66.8 Å². The highest BCUT2D eigenvalue weighted by molar-refractivity contribution is 6.74. The van der Waals surface area contributed by atoms with Crippen LogP contribution in [0.3, 0.4) is 0 Å². The smallest absolute Gasteiger partial charge is 0.192 e. The molecule has 3 nitrogen and oxygen atoms in total. The minimum Gasteiger partial charge on any atom is -0.410 e. The summed E-state index contributed by atoms with van der Waals surface area (Å²) in [6, 6.07) is 0. The van der Waals surface area contributed by atoms with Crippen molar-refractivity contribution < 1.29 is 14.0 Å². The van der Waals surface area contributed by atoms with E-state index in [-0.39, 0.29) is 23.4 Å². The number of rotatable bonds is 9. The van der Waals surface area contributed by atoms with Gasteiger partial charge in [-0.1, -0.05) is 53.7 Å². The molecule has 0 saturated carbocycles. The summed E-state index contributed by atoms with van der Waals surface area (Å²) in [7, 11) is -1.84. The van der Waals surface area contributed by atoms with Crippen molar-refractivity contribution in [3.05, 3.63) is 12.2 Å². The summed E-state index contributed by atoms with van der Waals surface area (Å²) in [6.07, 6.45) is 10.6. The summed E-state index contributed by atoms with van der Waals surface area (Å²) in [5.74, 6) is 1.12. The lowest BCUT2D eigenvalue weighted by Gasteiger charge is -2.40. The first-order valence-electron chi connectivity index (χ1n) is 10.4. The SMILES string of the molecule is CC(C)C/C=C/[C@@H](C[C@@H]1CC[C@H](C)[C@@H](CC=O)O1)O[Si](C)(C)C(C)(C)C. The van der Waals surface area contributed by atoms with Crippen LogP contribution in [0.15, 0.2) is 12.2 Å². The Hall–Kier alpha value is -0.453. The topological polar surface area (TPSA) is 35.5 Å². The number of hydrogen-bond donors (Lipinski definition) is 0. The third-order valence-corrected chi connectivity index (χ3v) is 10.5. The number of hydrogen-bond acceptors (Lipinski definition) is 3. The summed E-state index contributed by atoms with van der Waals surface area (Å²) in [6.45, 7) is 18.2. The molecular weight excluding hydrogens is 340 g/mol. The largest absolute Gasteiger partial charge is 0.410 e. The van der Waals surface area contributed by atoms with E-state index < -0.39 is 8.32 Å². The second-order valence-corrected chi connectivity index (χ2v) is 14.7. The Bertz CT molecular complexity index is 451. The van der Waals surface area contributed by atoms with Crippen molar-refractivity contribution in [1.29, 1.82) is 0 Å². The Labute approximate surface area is 163 Å². The number of carbonyl (C=O) groups excluding carboxylic acids is 1. The van der Waals surface area contributed by atoms with Crippen LogP contribution in [-0.4, -0.2) is 32.9 Å². The lowest BCUT2D eigenvalue weighted by molar-refractivity contribution is -0.120. The van der Waals surface area contributed by atoms with E-state index in [4.69, 9.17) is 9.16 Å². The van der Waals surface area contributed by atoms with Gasteiger partial charge >= 0.3 is 0 Å². The minimum atomic E-state index is -1.84. The normalized spacial score (nSPS) is 26.4. The molecule has 152 valence electrons. The summed E-state index contributed by atoms with van der Waals surface area (Å²) < 4.78 is 13.0. The fourth-order valence-electron chi connectivity index (χ4n) is 3.12. The Balaban J connectivity index is 2.81. The maximum Gasteiger partial charge on any atom is 0.192 e. The molecule has 0 spiro atoms. The van der Waals surface area contributed by atoms with Gasteiger partial charge in [0, 0.05) is 12.8 Å². The van der Waals surface area contributed by atoms with Crippen molar-refractivity contribution >= 4 is 14.6 Å². The first kappa shape index (κ1) is 23.6. The second-order valence-electron chi connectivity index (χ2n) is 9.96. The molecule has 1 saturated heterocycles. The fraction of sp³-hybridized carbons (Fsp3) is 0.864. The van der Waals surface area contributed by atoms with Crippen LogP contribution in [0.4, 0.5) is 0 Å². The van der Waals surface area contributed by atoms with Crippen molar-refractivity contribution in [1.82, 2.24) is 0 Å². The zero-order chi connectivity index (χ0) is 20.0. The molecule has 0 N–H and O–H groups in total. The molecule has 0 aromatic rings. The predicted molar refractivity (Wildman–Crippen MR) is 113 cm³/mol. The Morgan fingerprint density at radius 2 is 1.88 bits per heavy atom. The van der Waals surface area contributed by atoms with Gasteiger partial charge in [0.1, 0.15) is 6.29 Å². The van der Waals surface area contributed by atoms with E-state index in [1.165, 1.54) is 0 Å². The number of aldehydes is 1. The van der Waals surface area contributed by atoms with Crippen molar-refractivity contribution in [2.24, 2.45) is 11.8 Å². The monoisotopic (exact) mass is 382 g/mol. The average Bonchev–Trinajstić information content (AvgIpc) is 2.49. The standard InChI is InChI=1S/C22H42O3Si/c1-17(2)10-9-11-20(25-26(7,8)22(4,5)6)16-19-13-12-18(3)21(24-19)14-15-23/h9,11,15,17-21H,10,12-14,16H2,1-8H3/b11-9+/t18-,19-,20-,21+/m0/s1. The van der Waals surface area contributed by atoms with E-state index in [9.17, 15) is 4.79 Å². The molecule has 0 radical (unpaired) electrons. The zero-order valence-corrected chi connectivity index (χ0v) is 19.4. The molecule has 0 amide bonds. The van der Waals surface area contributed by atoms with Gasteiger partial charge in [0.15, 0.2) is 8.32 Å². The molecular formula is C22H42O3Si. The quantitative estimate of drug-likeness (QED) is 0.273. The fourth-order valence-corrected chi connectivity index (χ4v) is 4.41. The average molecular weight is 383 g/mol.